The molecule has 7 heteroatoms. The highest BCUT2D eigenvalue weighted by Gasteiger charge is 2.18. The van der Waals surface area contributed by atoms with E-state index < -0.39 is 10.0 Å². The Labute approximate surface area is 147 Å². The van der Waals surface area contributed by atoms with Gasteiger partial charge in [-0.1, -0.05) is 25.1 Å². The first-order valence-corrected chi connectivity index (χ1v) is 10.1. The summed E-state index contributed by atoms with van der Waals surface area (Å²) in [5.41, 5.74) is 1.77. The number of hydrogen-bond acceptors (Lipinski definition) is 4. The Hall–Kier alpha value is -1.70. The van der Waals surface area contributed by atoms with E-state index in [2.05, 4.69) is 4.72 Å². The van der Waals surface area contributed by atoms with Crippen molar-refractivity contribution in [2.45, 2.75) is 31.4 Å². The number of thiophene rings is 1. The van der Waals surface area contributed by atoms with Crippen LogP contribution in [0.25, 0.3) is 0 Å². The molecule has 0 radical (unpaired) electrons. The molecule has 130 valence electrons. The number of hydrogen-bond donors (Lipinski definition) is 1. The molecule has 0 aliphatic heterocycles. The zero-order valence-corrected chi connectivity index (χ0v) is 15.7. The van der Waals surface area contributed by atoms with Crippen LogP contribution in [0.5, 0.6) is 0 Å². The minimum absolute atomic E-state index is 0.118. The second-order valence-corrected chi connectivity index (χ2v) is 8.59. The molecule has 0 bridgehead atoms. The lowest BCUT2D eigenvalue weighted by Gasteiger charge is -2.23. The van der Waals surface area contributed by atoms with Gasteiger partial charge in [0.25, 0.3) is 0 Å². The van der Waals surface area contributed by atoms with Crippen molar-refractivity contribution >= 4 is 33.0 Å². The smallest absolute Gasteiger partial charge is 0.250 e. The van der Waals surface area contributed by atoms with Gasteiger partial charge in [-0.2, -0.15) is 0 Å². The van der Waals surface area contributed by atoms with Crippen LogP contribution in [-0.2, 0) is 21.2 Å². The Bertz CT molecular complexity index is 813. The van der Waals surface area contributed by atoms with E-state index in [1.165, 1.54) is 18.3 Å². The van der Waals surface area contributed by atoms with Crippen molar-refractivity contribution < 1.29 is 13.2 Å². The maximum atomic E-state index is 12.3. The van der Waals surface area contributed by atoms with Crippen LogP contribution in [0.3, 0.4) is 0 Å². The number of carbonyl (C=O) groups excluding carboxylic acids is 1. The molecule has 1 heterocycles. The third-order valence-electron chi connectivity index (χ3n) is 3.66. The molecule has 24 heavy (non-hydrogen) atoms. The fourth-order valence-electron chi connectivity index (χ4n) is 2.37. The molecule has 0 fully saturated rings. The molecule has 1 amide bonds. The summed E-state index contributed by atoms with van der Waals surface area (Å²) >= 11 is 1.27. The quantitative estimate of drug-likeness (QED) is 0.819. The van der Waals surface area contributed by atoms with Crippen LogP contribution in [-0.4, -0.2) is 27.4 Å². The lowest BCUT2D eigenvalue weighted by atomic mass is 10.2. The van der Waals surface area contributed by atoms with Crippen molar-refractivity contribution in [1.82, 2.24) is 4.72 Å². The maximum absolute atomic E-state index is 12.3. The van der Waals surface area contributed by atoms with Gasteiger partial charge < -0.3 is 4.90 Å². The number of amides is 1. The van der Waals surface area contributed by atoms with E-state index in [0.717, 1.165) is 22.5 Å². The average Bonchev–Trinajstić information content (AvgIpc) is 3.02. The summed E-state index contributed by atoms with van der Waals surface area (Å²) in [4.78, 5) is 14.5. The van der Waals surface area contributed by atoms with Gasteiger partial charge in [-0.05, 0) is 37.1 Å². The summed E-state index contributed by atoms with van der Waals surface area (Å²) < 4.78 is 27.5. The predicted molar refractivity (Wildman–Crippen MR) is 98.1 cm³/mol. The first kappa shape index (κ1) is 18.6. The summed E-state index contributed by atoms with van der Waals surface area (Å²) in [5.74, 6) is -0.118. The van der Waals surface area contributed by atoms with Gasteiger partial charge in [0.2, 0.25) is 15.9 Å². The predicted octanol–water partition coefficient (Wildman–Crippen LogP) is 2.95. The van der Waals surface area contributed by atoms with Crippen molar-refractivity contribution in [3.8, 4) is 0 Å². The van der Waals surface area contributed by atoms with Crippen LogP contribution < -0.4 is 9.62 Å². The van der Waals surface area contributed by atoms with Crippen molar-refractivity contribution in [3.63, 3.8) is 0 Å². The Kier molecular flexibility index (Phi) is 6.15. The monoisotopic (exact) mass is 366 g/mol. The molecule has 1 N–H and O–H groups in total. The molecular formula is C17H22N2O3S2. The summed E-state index contributed by atoms with van der Waals surface area (Å²) in [6, 6.07) is 11.0. The van der Waals surface area contributed by atoms with Gasteiger partial charge >= 0.3 is 0 Å². The van der Waals surface area contributed by atoms with Crippen LogP contribution in [0.1, 0.15) is 24.3 Å². The molecular weight excluding hydrogens is 344 g/mol. The number of carbonyl (C=O) groups is 1. The molecule has 2 rings (SSSR count). The van der Waals surface area contributed by atoms with E-state index >= 15 is 0 Å². The summed E-state index contributed by atoms with van der Waals surface area (Å²) in [6.07, 6.45) is 0.811. The van der Waals surface area contributed by atoms with Crippen LogP contribution in [0, 0.1) is 6.92 Å². The fraction of sp³-hybridized carbons (Fsp3) is 0.353. The molecule has 0 atom stereocenters. The van der Waals surface area contributed by atoms with Crippen LogP contribution in [0.4, 0.5) is 5.69 Å². The minimum Gasteiger partial charge on any atom is -0.311 e. The molecule has 0 aliphatic carbocycles. The van der Waals surface area contributed by atoms with Crippen LogP contribution in [0.2, 0.25) is 0 Å². The molecule has 1 aromatic heterocycles. The Morgan fingerprint density at radius 2 is 1.92 bits per heavy atom. The average molecular weight is 367 g/mol. The second-order valence-electron chi connectivity index (χ2n) is 5.43. The second kappa shape index (κ2) is 7.92. The molecule has 0 saturated heterocycles. The van der Waals surface area contributed by atoms with Gasteiger partial charge in [0.1, 0.15) is 4.21 Å². The van der Waals surface area contributed by atoms with Gasteiger partial charge in [0, 0.05) is 30.6 Å². The Balaban J connectivity index is 2.05. The minimum atomic E-state index is -3.53. The molecule has 5 nitrogen and oxygen atoms in total. The largest absolute Gasteiger partial charge is 0.311 e. The van der Waals surface area contributed by atoms with Crippen molar-refractivity contribution in [2.24, 2.45) is 0 Å². The standard InChI is InChI=1S/C17H22N2O3S2/c1-4-15-9-10-17(23-15)24(21,22)18-11-12-19(14(3)20)16-8-6-5-7-13(16)2/h5-10,18H,4,11-12H2,1-3H3. The number of nitrogens with zero attached hydrogens (tertiary/aromatic N) is 1. The van der Waals surface area contributed by atoms with Crippen molar-refractivity contribution in [3.05, 3.63) is 46.8 Å². The number of para-hydroxylation sites is 1. The summed E-state index contributed by atoms with van der Waals surface area (Å²) in [5, 5.41) is 0. The molecule has 0 aliphatic rings. The first-order chi connectivity index (χ1) is 11.3. The fourth-order valence-corrected chi connectivity index (χ4v) is 4.73. The lowest BCUT2D eigenvalue weighted by Crippen LogP contribution is -2.37. The molecule has 2 aromatic rings. The highest BCUT2D eigenvalue weighted by Crippen LogP contribution is 2.22. The van der Waals surface area contributed by atoms with E-state index in [9.17, 15) is 13.2 Å². The Morgan fingerprint density at radius 1 is 1.21 bits per heavy atom. The van der Waals surface area contributed by atoms with E-state index in [1.807, 2.05) is 44.2 Å². The number of sulfonamides is 1. The highest BCUT2D eigenvalue weighted by molar-refractivity contribution is 7.91. The van der Waals surface area contributed by atoms with E-state index in [-0.39, 0.29) is 19.0 Å². The van der Waals surface area contributed by atoms with Crippen LogP contribution >= 0.6 is 11.3 Å². The lowest BCUT2D eigenvalue weighted by molar-refractivity contribution is -0.116. The summed E-state index contributed by atoms with van der Waals surface area (Å²) in [7, 11) is -3.53. The van der Waals surface area contributed by atoms with Gasteiger partial charge in [-0.15, -0.1) is 11.3 Å². The van der Waals surface area contributed by atoms with Gasteiger partial charge in [0.15, 0.2) is 0 Å². The topological polar surface area (TPSA) is 66.5 Å². The number of aryl methyl sites for hydroxylation is 2. The molecule has 0 unspecified atom stereocenters. The first-order valence-electron chi connectivity index (χ1n) is 7.77. The number of anilines is 1. The van der Waals surface area contributed by atoms with Crippen molar-refractivity contribution in [2.75, 3.05) is 18.0 Å². The maximum Gasteiger partial charge on any atom is 0.250 e. The van der Waals surface area contributed by atoms with Crippen molar-refractivity contribution in [1.29, 1.82) is 0 Å². The van der Waals surface area contributed by atoms with Crippen LogP contribution in [0.15, 0.2) is 40.6 Å². The number of rotatable bonds is 7. The Morgan fingerprint density at radius 3 is 2.50 bits per heavy atom. The highest BCUT2D eigenvalue weighted by atomic mass is 32.2. The molecule has 1 aromatic carbocycles. The number of benzene rings is 1. The zero-order chi connectivity index (χ0) is 17.7. The van der Waals surface area contributed by atoms with E-state index in [4.69, 9.17) is 0 Å². The SMILES string of the molecule is CCc1ccc(S(=O)(=O)NCCN(C(C)=O)c2ccccc2C)s1. The molecule has 0 spiro atoms. The van der Waals surface area contributed by atoms with E-state index in [1.54, 1.807) is 11.0 Å². The zero-order valence-electron chi connectivity index (χ0n) is 14.1. The number of nitrogens with one attached hydrogen (secondary N) is 1. The summed E-state index contributed by atoms with van der Waals surface area (Å²) in [6.45, 7) is 5.84. The van der Waals surface area contributed by atoms with Gasteiger partial charge in [0.05, 0.1) is 0 Å². The third kappa shape index (κ3) is 4.43. The van der Waals surface area contributed by atoms with Gasteiger partial charge in [-0.25, -0.2) is 13.1 Å². The van der Waals surface area contributed by atoms with Gasteiger partial charge in [-0.3, -0.25) is 4.79 Å². The third-order valence-corrected chi connectivity index (χ3v) is 6.85. The van der Waals surface area contributed by atoms with E-state index in [0.29, 0.717) is 4.21 Å². The normalized spacial score (nSPS) is 11.5. The molecule has 0 saturated carbocycles.